The van der Waals surface area contributed by atoms with Crippen LogP contribution in [0.15, 0.2) is 53.9 Å². The molecular weight excluding hydrogens is 442 g/mol. The normalized spacial score (nSPS) is 14.4. The minimum atomic E-state index is 0.401. The number of aromatic nitrogens is 4. The van der Waals surface area contributed by atoms with Gasteiger partial charge in [-0.2, -0.15) is 0 Å². The van der Waals surface area contributed by atoms with Crippen molar-refractivity contribution in [3.05, 3.63) is 71.6 Å². The number of fused-ring (bicyclic) bond motifs is 9. The third-order valence-corrected chi connectivity index (χ3v) is 7.82. The van der Waals surface area contributed by atoms with Crippen LogP contribution in [0.3, 0.4) is 0 Å². The van der Waals surface area contributed by atoms with Crippen LogP contribution in [-0.2, 0) is 19.3 Å². The number of nitrogens with zero attached hydrogens (tertiary/aromatic N) is 4. The van der Waals surface area contributed by atoms with Crippen molar-refractivity contribution in [2.45, 2.75) is 52.9 Å². The second kappa shape index (κ2) is 7.82. The van der Waals surface area contributed by atoms with E-state index in [1.165, 1.54) is 50.0 Å². The molecule has 0 fully saturated rings. The molecule has 0 saturated carbocycles. The van der Waals surface area contributed by atoms with Gasteiger partial charge in [0, 0.05) is 40.9 Å². The number of hydrogen-bond acceptors (Lipinski definition) is 4. The minimum Gasteiger partial charge on any atom is -0.345 e. The minimum absolute atomic E-state index is 0.401. The van der Waals surface area contributed by atoms with Gasteiger partial charge in [-0.25, -0.2) is 15.0 Å². The van der Waals surface area contributed by atoms with E-state index in [9.17, 15) is 0 Å². The Morgan fingerprint density at radius 1 is 0.861 bits per heavy atom. The fraction of sp³-hybridized carbons (Fsp3) is 0.290. The highest BCUT2D eigenvalue weighted by atomic mass is 14.9. The van der Waals surface area contributed by atoms with Crippen molar-refractivity contribution in [1.29, 1.82) is 0 Å². The van der Waals surface area contributed by atoms with Crippen molar-refractivity contribution >= 4 is 33.1 Å². The molecule has 3 aromatic carbocycles. The maximum atomic E-state index is 5.01. The van der Waals surface area contributed by atoms with Crippen LogP contribution in [0.25, 0.3) is 44.1 Å². The average Bonchev–Trinajstić information content (AvgIpc) is 3.54. The lowest BCUT2D eigenvalue weighted by Crippen LogP contribution is -2.06. The first-order valence-corrected chi connectivity index (χ1v) is 13.0. The van der Waals surface area contributed by atoms with Crippen molar-refractivity contribution in [2.24, 2.45) is 10.9 Å². The average molecular weight is 472 g/mol. The standard InChI is InChI=1S/C31H29N5/c1-16(2)27-13-24-22-9-6-19(12-23(22)25-14-32-15-33-29(25)30(24)34-27)18-5-8-21-20(11-18)7-10-26-28(21)36-31(35-26)17(3)4/h5-6,8-9,11-12,14-17H,7,10,13H2,1-4H3,(H,35,36). The number of aromatic amines is 1. The third kappa shape index (κ3) is 3.15. The first-order valence-electron chi connectivity index (χ1n) is 13.0. The summed E-state index contributed by atoms with van der Waals surface area (Å²) in [5.41, 5.74) is 12.0. The molecule has 1 N–H and O–H groups in total. The number of imidazole rings is 1. The number of hydrogen-bond donors (Lipinski definition) is 1. The van der Waals surface area contributed by atoms with E-state index in [2.05, 4.69) is 79.0 Å². The first kappa shape index (κ1) is 21.4. The van der Waals surface area contributed by atoms with Crippen LogP contribution in [0.5, 0.6) is 0 Å². The van der Waals surface area contributed by atoms with Gasteiger partial charge in [-0.15, -0.1) is 0 Å². The fourth-order valence-electron chi connectivity index (χ4n) is 5.77. The lowest BCUT2D eigenvalue weighted by Gasteiger charge is -2.17. The molecule has 0 atom stereocenters. The molecule has 0 saturated heterocycles. The quantitative estimate of drug-likeness (QED) is 0.280. The first-order chi connectivity index (χ1) is 17.5. The summed E-state index contributed by atoms with van der Waals surface area (Å²) in [6.07, 6.45) is 6.51. The van der Waals surface area contributed by atoms with Gasteiger partial charge in [-0.3, -0.25) is 4.99 Å². The molecule has 3 heterocycles. The number of H-pyrrole nitrogens is 1. The van der Waals surface area contributed by atoms with Crippen LogP contribution in [0.1, 0.15) is 56.3 Å². The highest BCUT2D eigenvalue weighted by Gasteiger charge is 2.25. The zero-order valence-electron chi connectivity index (χ0n) is 21.2. The van der Waals surface area contributed by atoms with Gasteiger partial charge in [0.1, 0.15) is 17.7 Å². The molecule has 0 amide bonds. The number of benzene rings is 3. The lowest BCUT2D eigenvalue weighted by molar-refractivity contribution is 0.787. The topological polar surface area (TPSA) is 66.8 Å². The molecule has 0 bridgehead atoms. The van der Waals surface area contributed by atoms with Gasteiger partial charge in [-0.05, 0) is 57.9 Å². The van der Waals surface area contributed by atoms with Gasteiger partial charge in [-0.1, -0.05) is 58.0 Å². The molecule has 1 aliphatic heterocycles. The van der Waals surface area contributed by atoms with Crippen LogP contribution >= 0.6 is 0 Å². The van der Waals surface area contributed by atoms with E-state index in [1.807, 2.05) is 6.20 Å². The Balaban J connectivity index is 1.36. The Kier molecular flexibility index (Phi) is 4.65. The van der Waals surface area contributed by atoms with Crippen LogP contribution in [-0.4, -0.2) is 25.6 Å². The summed E-state index contributed by atoms with van der Waals surface area (Å²) in [5, 5.41) is 3.54. The molecule has 5 nitrogen and oxygen atoms in total. The lowest BCUT2D eigenvalue weighted by atomic mass is 9.88. The van der Waals surface area contributed by atoms with Crippen LogP contribution in [0, 0.1) is 5.92 Å². The Morgan fingerprint density at radius 3 is 2.53 bits per heavy atom. The van der Waals surface area contributed by atoms with E-state index in [1.54, 1.807) is 6.33 Å². The Labute approximate surface area is 210 Å². The van der Waals surface area contributed by atoms with Crippen LogP contribution < -0.4 is 0 Å². The SMILES string of the molecule is CC(C)C1=Nc2c(c3ccc(-c4ccc5c(c4)CCc4[nH]c(C(C)C)nc4-5)cc3c3cncnc23)C1. The van der Waals surface area contributed by atoms with E-state index >= 15 is 0 Å². The summed E-state index contributed by atoms with van der Waals surface area (Å²) in [7, 11) is 0. The van der Waals surface area contributed by atoms with Gasteiger partial charge < -0.3 is 4.98 Å². The van der Waals surface area contributed by atoms with Crippen molar-refractivity contribution < 1.29 is 0 Å². The summed E-state index contributed by atoms with van der Waals surface area (Å²) in [5.74, 6) is 1.90. The molecule has 2 aliphatic rings. The van der Waals surface area contributed by atoms with E-state index in [0.717, 1.165) is 47.4 Å². The maximum Gasteiger partial charge on any atom is 0.116 e. The van der Waals surface area contributed by atoms with Crippen molar-refractivity contribution in [3.8, 4) is 22.4 Å². The summed E-state index contributed by atoms with van der Waals surface area (Å²) in [6, 6.07) is 13.7. The predicted octanol–water partition coefficient (Wildman–Crippen LogP) is 7.35. The second-order valence-corrected chi connectivity index (χ2v) is 10.8. The van der Waals surface area contributed by atoms with Gasteiger partial charge in [0.05, 0.1) is 11.4 Å². The van der Waals surface area contributed by atoms with E-state index in [4.69, 9.17) is 9.98 Å². The molecule has 178 valence electrons. The monoisotopic (exact) mass is 471 g/mol. The zero-order chi connectivity index (χ0) is 24.6. The molecular formula is C31H29N5. The number of aliphatic imine (C=N–C) groups is 1. The summed E-state index contributed by atoms with van der Waals surface area (Å²) < 4.78 is 0. The number of nitrogens with one attached hydrogen (secondary N) is 1. The number of rotatable bonds is 3. The predicted molar refractivity (Wildman–Crippen MR) is 147 cm³/mol. The maximum absolute atomic E-state index is 5.01. The Morgan fingerprint density at radius 2 is 1.69 bits per heavy atom. The van der Waals surface area contributed by atoms with Crippen LogP contribution in [0.2, 0.25) is 0 Å². The summed E-state index contributed by atoms with van der Waals surface area (Å²) >= 11 is 0. The van der Waals surface area contributed by atoms with Gasteiger partial charge in [0.15, 0.2) is 0 Å². The molecule has 7 rings (SSSR count). The van der Waals surface area contributed by atoms with Gasteiger partial charge in [0.25, 0.3) is 0 Å². The molecule has 5 aromatic rings. The van der Waals surface area contributed by atoms with Crippen molar-refractivity contribution in [1.82, 2.24) is 19.9 Å². The summed E-state index contributed by atoms with van der Waals surface area (Å²) in [4.78, 5) is 22.5. The molecule has 2 aromatic heterocycles. The summed E-state index contributed by atoms with van der Waals surface area (Å²) in [6.45, 7) is 8.81. The molecule has 1 aliphatic carbocycles. The highest BCUT2D eigenvalue weighted by molar-refractivity contribution is 6.17. The van der Waals surface area contributed by atoms with E-state index in [0.29, 0.717) is 11.8 Å². The van der Waals surface area contributed by atoms with Crippen molar-refractivity contribution in [3.63, 3.8) is 0 Å². The third-order valence-electron chi connectivity index (χ3n) is 7.82. The Bertz CT molecular complexity index is 1720. The molecule has 0 spiro atoms. The molecule has 36 heavy (non-hydrogen) atoms. The largest absolute Gasteiger partial charge is 0.345 e. The number of aryl methyl sites for hydroxylation is 2. The fourth-order valence-corrected chi connectivity index (χ4v) is 5.77. The molecule has 5 heteroatoms. The molecule has 0 radical (unpaired) electrons. The van der Waals surface area contributed by atoms with Gasteiger partial charge >= 0.3 is 0 Å². The van der Waals surface area contributed by atoms with E-state index < -0.39 is 0 Å². The smallest absolute Gasteiger partial charge is 0.116 e. The highest BCUT2D eigenvalue weighted by Crippen LogP contribution is 2.43. The Hall–Kier alpha value is -3.86. The van der Waals surface area contributed by atoms with Crippen molar-refractivity contribution in [2.75, 3.05) is 0 Å². The molecule has 0 unspecified atom stereocenters. The van der Waals surface area contributed by atoms with E-state index in [-0.39, 0.29) is 0 Å². The van der Waals surface area contributed by atoms with Gasteiger partial charge in [0.2, 0.25) is 0 Å². The van der Waals surface area contributed by atoms with Crippen LogP contribution in [0.4, 0.5) is 5.69 Å². The second-order valence-electron chi connectivity index (χ2n) is 10.8. The zero-order valence-corrected chi connectivity index (χ0v) is 21.2.